The van der Waals surface area contributed by atoms with Crippen LogP contribution in [0.15, 0.2) is 121 Å². The Balaban J connectivity index is 1.38. The molecule has 0 spiro atoms. The standard InChI is InChI=1S/C37H37N3O2S/c1-4-26(2)29-18-20-34(21-19-29)40(24-28-10-12-33(13-11-28)36(42)38-23-22-27(3)41)37-39-35(25-43-37)32-16-14-31(15-17-32)30-8-6-5-7-9-30/h5-21,25-26,41H,3-4,22-24H2,1-2H3,(H,38,42). The van der Waals surface area contributed by atoms with Crippen molar-refractivity contribution in [3.05, 3.63) is 138 Å². The first-order valence-electron chi connectivity index (χ1n) is 14.6. The van der Waals surface area contributed by atoms with Crippen molar-refractivity contribution < 1.29 is 9.90 Å². The summed E-state index contributed by atoms with van der Waals surface area (Å²) < 4.78 is 0. The van der Waals surface area contributed by atoms with Gasteiger partial charge >= 0.3 is 0 Å². The van der Waals surface area contributed by atoms with E-state index in [1.807, 2.05) is 30.3 Å². The van der Waals surface area contributed by atoms with Crippen molar-refractivity contribution in [1.29, 1.82) is 0 Å². The van der Waals surface area contributed by atoms with Gasteiger partial charge in [0.15, 0.2) is 5.13 Å². The summed E-state index contributed by atoms with van der Waals surface area (Å²) in [7, 11) is 0. The Morgan fingerprint density at radius 1 is 0.907 bits per heavy atom. The van der Waals surface area contributed by atoms with E-state index < -0.39 is 0 Å². The lowest BCUT2D eigenvalue weighted by atomic mass is 9.98. The fraction of sp³-hybridized carbons (Fsp3) is 0.189. The number of carbonyl (C=O) groups excluding carboxylic acids is 1. The first-order chi connectivity index (χ1) is 20.9. The Kier molecular flexibility index (Phi) is 9.70. The zero-order valence-corrected chi connectivity index (χ0v) is 25.5. The molecule has 0 aliphatic rings. The van der Waals surface area contributed by atoms with E-state index in [4.69, 9.17) is 4.98 Å². The van der Waals surface area contributed by atoms with E-state index in [9.17, 15) is 9.90 Å². The van der Waals surface area contributed by atoms with Gasteiger partial charge in [-0.05, 0) is 58.9 Å². The van der Waals surface area contributed by atoms with Crippen molar-refractivity contribution in [2.24, 2.45) is 0 Å². The molecule has 0 aliphatic heterocycles. The van der Waals surface area contributed by atoms with Gasteiger partial charge < -0.3 is 15.3 Å². The highest BCUT2D eigenvalue weighted by Gasteiger charge is 2.17. The minimum absolute atomic E-state index is 0.0578. The summed E-state index contributed by atoms with van der Waals surface area (Å²) in [6.45, 7) is 8.87. The molecule has 5 aromatic rings. The summed E-state index contributed by atoms with van der Waals surface area (Å²) in [4.78, 5) is 19.8. The molecule has 218 valence electrons. The molecular weight excluding hydrogens is 550 g/mol. The average molecular weight is 588 g/mol. The number of aromatic nitrogens is 1. The van der Waals surface area contributed by atoms with E-state index in [1.165, 1.54) is 16.7 Å². The summed E-state index contributed by atoms with van der Waals surface area (Å²) in [6, 6.07) is 35.3. The summed E-state index contributed by atoms with van der Waals surface area (Å²) in [5.74, 6) is 0.387. The molecule has 5 nitrogen and oxygen atoms in total. The van der Waals surface area contributed by atoms with Crippen LogP contribution >= 0.6 is 11.3 Å². The number of hydrogen-bond donors (Lipinski definition) is 2. The van der Waals surface area contributed by atoms with Gasteiger partial charge in [0.25, 0.3) is 5.91 Å². The molecule has 0 radical (unpaired) electrons. The van der Waals surface area contributed by atoms with Crippen LogP contribution in [0.5, 0.6) is 0 Å². The van der Waals surface area contributed by atoms with E-state index >= 15 is 0 Å². The number of benzene rings is 4. The number of aliphatic hydroxyl groups is 1. The van der Waals surface area contributed by atoms with Crippen LogP contribution in [0.25, 0.3) is 22.4 Å². The first kappa shape index (κ1) is 29.8. The molecule has 0 saturated heterocycles. The second-order valence-corrected chi connectivity index (χ2v) is 11.6. The Hall–Kier alpha value is -4.68. The third-order valence-corrected chi connectivity index (χ3v) is 8.52. The lowest BCUT2D eigenvalue weighted by molar-refractivity contribution is 0.0953. The van der Waals surface area contributed by atoms with Crippen molar-refractivity contribution >= 4 is 28.1 Å². The van der Waals surface area contributed by atoms with E-state index in [-0.39, 0.29) is 11.7 Å². The van der Waals surface area contributed by atoms with Crippen molar-refractivity contribution in [2.75, 3.05) is 11.4 Å². The highest BCUT2D eigenvalue weighted by atomic mass is 32.1. The highest BCUT2D eigenvalue weighted by Crippen LogP contribution is 2.35. The van der Waals surface area contributed by atoms with Gasteiger partial charge in [-0.2, -0.15) is 0 Å². The fourth-order valence-electron chi connectivity index (χ4n) is 4.84. The molecule has 4 aromatic carbocycles. The summed E-state index contributed by atoms with van der Waals surface area (Å²) in [6.07, 6.45) is 1.43. The average Bonchev–Trinajstić information content (AvgIpc) is 3.54. The molecule has 43 heavy (non-hydrogen) atoms. The van der Waals surface area contributed by atoms with Gasteiger partial charge in [-0.25, -0.2) is 4.98 Å². The number of thiazole rings is 1. The number of hydrogen-bond acceptors (Lipinski definition) is 5. The van der Waals surface area contributed by atoms with Crippen LogP contribution in [0, 0.1) is 0 Å². The monoisotopic (exact) mass is 587 g/mol. The van der Waals surface area contributed by atoms with Crippen molar-refractivity contribution in [1.82, 2.24) is 10.3 Å². The van der Waals surface area contributed by atoms with Gasteiger partial charge in [-0.1, -0.05) is 99.3 Å². The van der Waals surface area contributed by atoms with Crippen LogP contribution in [-0.4, -0.2) is 22.5 Å². The molecule has 0 fully saturated rings. The Bertz CT molecular complexity index is 1640. The van der Waals surface area contributed by atoms with E-state index in [1.54, 1.807) is 11.3 Å². The largest absolute Gasteiger partial charge is 0.513 e. The molecule has 1 amide bonds. The molecule has 0 aliphatic carbocycles. The predicted molar refractivity (Wildman–Crippen MR) is 179 cm³/mol. The first-order valence-corrected chi connectivity index (χ1v) is 15.5. The van der Waals surface area contributed by atoms with Crippen LogP contribution in [0.2, 0.25) is 0 Å². The summed E-state index contributed by atoms with van der Waals surface area (Å²) >= 11 is 1.62. The van der Waals surface area contributed by atoms with Crippen LogP contribution in [0.4, 0.5) is 10.8 Å². The molecule has 1 heterocycles. The second-order valence-electron chi connectivity index (χ2n) is 10.7. The number of carbonyl (C=O) groups is 1. The molecule has 0 bridgehead atoms. The number of nitrogens with zero attached hydrogens (tertiary/aromatic N) is 2. The van der Waals surface area contributed by atoms with Gasteiger partial charge in [0, 0.05) is 35.2 Å². The molecule has 5 rings (SSSR count). The maximum atomic E-state index is 12.5. The van der Waals surface area contributed by atoms with Crippen LogP contribution in [-0.2, 0) is 6.54 Å². The summed E-state index contributed by atoms with van der Waals surface area (Å²) in [5.41, 5.74) is 8.43. The minimum atomic E-state index is -0.173. The number of anilines is 2. The molecule has 1 unspecified atom stereocenters. The lowest BCUT2D eigenvalue weighted by Crippen LogP contribution is -2.24. The Morgan fingerprint density at radius 2 is 1.56 bits per heavy atom. The highest BCUT2D eigenvalue weighted by molar-refractivity contribution is 7.14. The van der Waals surface area contributed by atoms with Crippen LogP contribution < -0.4 is 10.2 Å². The van der Waals surface area contributed by atoms with Gasteiger partial charge in [0.1, 0.15) is 0 Å². The second kappa shape index (κ2) is 14.0. The van der Waals surface area contributed by atoms with Crippen LogP contribution in [0.1, 0.15) is 54.1 Å². The molecular formula is C37H37N3O2S. The van der Waals surface area contributed by atoms with E-state index in [0.29, 0.717) is 31.0 Å². The topological polar surface area (TPSA) is 65.5 Å². The molecule has 2 N–H and O–H groups in total. The third-order valence-electron chi connectivity index (χ3n) is 7.65. The molecule has 0 saturated carbocycles. The smallest absolute Gasteiger partial charge is 0.251 e. The number of amides is 1. The van der Waals surface area contributed by atoms with Gasteiger partial charge in [0.05, 0.1) is 18.0 Å². The van der Waals surface area contributed by atoms with Crippen molar-refractivity contribution in [3.8, 4) is 22.4 Å². The molecule has 1 aromatic heterocycles. The third kappa shape index (κ3) is 7.59. The fourth-order valence-corrected chi connectivity index (χ4v) is 5.69. The van der Waals surface area contributed by atoms with Gasteiger partial charge in [-0.3, -0.25) is 4.79 Å². The Labute approximate surface area is 258 Å². The minimum Gasteiger partial charge on any atom is -0.513 e. The molecule has 1 atom stereocenters. The van der Waals surface area contributed by atoms with Crippen molar-refractivity contribution in [2.45, 2.75) is 39.2 Å². The van der Waals surface area contributed by atoms with E-state index in [2.05, 4.69) is 109 Å². The van der Waals surface area contributed by atoms with E-state index in [0.717, 1.165) is 34.1 Å². The zero-order valence-electron chi connectivity index (χ0n) is 24.7. The number of nitrogens with one attached hydrogen (secondary N) is 1. The number of aliphatic hydroxyl groups excluding tert-OH is 1. The van der Waals surface area contributed by atoms with Gasteiger partial charge in [-0.15, -0.1) is 11.3 Å². The predicted octanol–water partition coefficient (Wildman–Crippen LogP) is 9.52. The zero-order chi connectivity index (χ0) is 30.2. The maximum absolute atomic E-state index is 12.5. The quantitative estimate of drug-likeness (QED) is 0.143. The summed E-state index contributed by atoms with van der Waals surface area (Å²) in [5, 5.41) is 15.1. The van der Waals surface area contributed by atoms with Crippen molar-refractivity contribution in [3.63, 3.8) is 0 Å². The van der Waals surface area contributed by atoms with Crippen LogP contribution in [0.3, 0.4) is 0 Å². The normalized spacial score (nSPS) is 11.6. The lowest BCUT2D eigenvalue weighted by Gasteiger charge is -2.23. The SMILES string of the molecule is C=C(O)CCNC(=O)c1ccc(CN(c2ccc(C(C)CC)cc2)c2nc(-c3ccc(-c4ccccc4)cc3)cs2)cc1. The maximum Gasteiger partial charge on any atom is 0.251 e. The number of rotatable bonds is 12. The molecule has 6 heteroatoms. The van der Waals surface area contributed by atoms with Gasteiger partial charge in [0.2, 0.25) is 0 Å². The Morgan fingerprint density at radius 3 is 2.21 bits per heavy atom.